The molecule has 2 N–H and O–H groups in total. The van der Waals surface area contributed by atoms with Crippen LogP contribution in [0.3, 0.4) is 0 Å². The van der Waals surface area contributed by atoms with Crippen molar-refractivity contribution >= 4 is 10.0 Å². The van der Waals surface area contributed by atoms with Crippen molar-refractivity contribution in [2.24, 2.45) is 5.84 Å². The fourth-order valence-electron chi connectivity index (χ4n) is 1.61. The Morgan fingerprint density at radius 2 is 1.88 bits per heavy atom. The standard InChI is InChI=1S/C12H20N2O2S/c1-3-4-7-10-14(13)17(15,16)12-9-6-5-8-11(12)2/h5-6,8-9H,3-4,7,10,13H2,1-2H3. The van der Waals surface area contributed by atoms with Gasteiger partial charge in [-0.2, -0.15) is 0 Å². The lowest BCUT2D eigenvalue weighted by Crippen LogP contribution is -2.38. The van der Waals surface area contributed by atoms with E-state index in [0.29, 0.717) is 11.4 Å². The van der Waals surface area contributed by atoms with Crippen molar-refractivity contribution in [1.29, 1.82) is 0 Å². The Kier molecular flexibility index (Phi) is 5.11. The molecule has 0 heterocycles. The summed E-state index contributed by atoms with van der Waals surface area (Å²) in [6, 6.07) is 6.88. The first-order valence-electron chi connectivity index (χ1n) is 5.83. The molecule has 0 aliphatic carbocycles. The van der Waals surface area contributed by atoms with Crippen LogP contribution >= 0.6 is 0 Å². The summed E-state index contributed by atoms with van der Waals surface area (Å²) < 4.78 is 25.2. The largest absolute Gasteiger partial charge is 0.255 e. The van der Waals surface area contributed by atoms with Crippen LogP contribution in [0.4, 0.5) is 0 Å². The zero-order chi connectivity index (χ0) is 12.9. The molecule has 0 saturated carbocycles. The van der Waals surface area contributed by atoms with Gasteiger partial charge in [-0.1, -0.05) is 38.0 Å². The highest BCUT2D eigenvalue weighted by atomic mass is 32.2. The third kappa shape index (κ3) is 3.52. The Morgan fingerprint density at radius 3 is 2.47 bits per heavy atom. The van der Waals surface area contributed by atoms with E-state index >= 15 is 0 Å². The van der Waals surface area contributed by atoms with Crippen molar-refractivity contribution < 1.29 is 8.42 Å². The zero-order valence-electron chi connectivity index (χ0n) is 10.4. The number of aryl methyl sites for hydroxylation is 1. The number of hydrogen-bond acceptors (Lipinski definition) is 3. The smallest absolute Gasteiger partial charge is 0.255 e. The van der Waals surface area contributed by atoms with Crippen LogP contribution in [0.25, 0.3) is 0 Å². The lowest BCUT2D eigenvalue weighted by Gasteiger charge is -2.17. The van der Waals surface area contributed by atoms with Crippen molar-refractivity contribution in [2.75, 3.05) is 6.54 Å². The highest BCUT2D eigenvalue weighted by Gasteiger charge is 2.22. The second-order valence-corrected chi connectivity index (χ2v) is 5.95. The first-order valence-corrected chi connectivity index (χ1v) is 7.27. The molecule has 96 valence electrons. The van der Waals surface area contributed by atoms with Gasteiger partial charge in [0.25, 0.3) is 10.0 Å². The van der Waals surface area contributed by atoms with Gasteiger partial charge in [-0.15, -0.1) is 4.41 Å². The monoisotopic (exact) mass is 256 g/mol. The number of benzene rings is 1. The Morgan fingerprint density at radius 1 is 1.24 bits per heavy atom. The third-order valence-electron chi connectivity index (χ3n) is 2.66. The van der Waals surface area contributed by atoms with Gasteiger partial charge >= 0.3 is 0 Å². The summed E-state index contributed by atoms with van der Waals surface area (Å²) >= 11 is 0. The molecule has 4 nitrogen and oxygen atoms in total. The van der Waals surface area contributed by atoms with Gasteiger partial charge in [-0.3, -0.25) is 5.84 Å². The van der Waals surface area contributed by atoms with Crippen molar-refractivity contribution in [1.82, 2.24) is 4.41 Å². The summed E-state index contributed by atoms with van der Waals surface area (Å²) in [4.78, 5) is 0.291. The summed E-state index contributed by atoms with van der Waals surface area (Å²) in [6.07, 6.45) is 2.81. The third-order valence-corrected chi connectivity index (χ3v) is 4.48. The summed E-state index contributed by atoms with van der Waals surface area (Å²) in [5, 5.41) is 0. The summed E-state index contributed by atoms with van der Waals surface area (Å²) in [5.74, 6) is 5.64. The Bertz CT molecular complexity index is 457. The molecular formula is C12H20N2O2S. The Labute approximate surface area is 103 Å². The van der Waals surface area contributed by atoms with Gasteiger partial charge in [0, 0.05) is 6.54 Å². The molecule has 0 aliphatic rings. The van der Waals surface area contributed by atoms with Crippen LogP contribution in [0.15, 0.2) is 29.2 Å². The van der Waals surface area contributed by atoms with Gasteiger partial charge in [0.1, 0.15) is 0 Å². The van der Waals surface area contributed by atoms with Crippen LogP contribution in [0, 0.1) is 6.92 Å². The average Bonchev–Trinajstić information content (AvgIpc) is 2.29. The second-order valence-electron chi connectivity index (χ2n) is 4.09. The molecule has 0 fully saturated rings. The van der Waals surface area contributed by atoms with Gasteiger partial charge in [0.15, 0.2) is 0 Å². The maximum absolute atomic E-state index is 12.1. The molecule has 0 atom stereocenters. The van der Waals surface area contributed by atoms with E-state index in [-0.39, 0.29) is 0 Å². The van der Waals surface area contributed by atoms with Gasteiger partial charge in [0.05, 0.1) is 4.90 Å². The molecule has 17 heavy (non-hydrogen) atoms. The molecule has 0 aromatic heterocycles. The minimum atomic E-state index is -3.54. The zero-order valence-corrected chi connectivity index (χ0v) is 11.2. The molecule has 0 saturated heterocycles. The average molecular weight is 256 g/mol. The number of nitrogens with two attached hydrogens (primary N) is 1. The molecule has 5 heteroatoms. The minimum absolute atomic E-state index is 0.291. The fourth-order valence-corrected chi connectivity index (χ4v) is 2.96. The number of rotatable bonds is 6. The van der Waals surface area contributed by atoms with Crippen LogP contribution in [-0.4, -0.2) is 19.4 Å². The van der Waals surface area contributed by atoms with Crippen molar-refractivity contribution in [3.8, 4) is 0 Å². The van der Waals surface area contributed by atoms with Crippen LogP contribution in [0.5, 0.6) is 0 Å². The fraction of sp³-hybridized carbons (Fsp3) is 0.500. The van der Waals surface area contributed by atoms with Crippen molar-refractivity contribution in [2.45, 2.75) is 38.0 Å². The number of hydrazine groups is 1. The first kappa shape index (κ1) is 14.2. The molecule has 1 rings (SSSR count). The highest BCUT2D eigenvalue weighted by molar-refractivity contribution is 7.89. The van der Waals surface area contributed by atoms with Crippen molar-refractivity contribution in [3.63, 3.8) is 0 Å². The van der Waals surface area contributed by atoms with E-state index in [4.69, 9.17) is 5.84 Å². The Hall–Kier alpha value is -0.910. The Balaban J connectivity index is 2.85. The van der Waals surface area contributed by atoms with Gasteiger partial charge in [-0.05, 0) is 25.0 Å². The van der Waals surface area contributed by atoms with Crippen LogP contribution in [-0.2, 0) is 10.0 Å². The molecule has 0 radical (unpaired) electrons. The maximum atomic E-state index is 12.1. The number of sulfonamides is 1. The maximum Gasteiger partial charge on any atom is 0.255 e. The quantitative estimate of drug-likeness (QED) is 0.481. The molecular weight excluding hydrogens is 236 g/mol. The van der Waals surface area contributed by atoms with E-state index in [1.54, 1.807) is 25.1 Å². The lowest BCUT2D eigenvalue weighted by atomic mass is 10.2. The molecule has 0 bridgehead atoms. The predicted molar refractivity (Wildman–Crippen MR) is 68.8 cm³/mol. The van der Waals surface area contributed by atoms with E-state index in [2.05, 4.69) is 6.92 Å². The summed E-state index contributed by atoms with van der Waals surface area (Å²) in [5.41, 5.74) is 0.721. The summed E-state index contributed by atoms with van der Waals surface area (Å²) in [6.45, 7) is 4.20. The molecule has 1 aromatic rings. The molecule has 0 spiro atoms. The van der Waals surface area contributed by atoms with Crippen LogP contribution in [0.1, 0.15) is 31.7 Å². The molecule has 0 amide bonds. The SMILES string of the molecule is CCCCCN(N)S(=O)(=O)c1ccccc1C. The van der Waals surface area contributed by atoms with Crippen molar-refractivity contribution in [3.05, 3.63) is 29.8 Å². The van der Waals surface area contributed by atoms with Gasteiger partial charge in [-0.25, -0.2) is 8.42 Å². The highest BCUT2D eigenvalue weighted by Crippen LogP contribution is 2.17. The van der Waals surface area contributed by atoms with E-state index in [9.17, 15) is 8.42 Å². The molecule has 0 unspecified atom stereocenters. The minimum Gasteiger partial charge on any atom is -0.255 e. The summed E-state index contributed by atoms with van der Waals surface area (Å²) in [7, 11) is -3.54. The topological polar surface area (TPSA) is 63.4 Å². The number of unbranched alkanes of at least 4 members (excludes halogenated alkanes) is 2. The van der Waals surface area contributed by atoms with Gasteiger partial charge < -0.3 is 0 Å². The number of hydrogen-bond donors (Lipinski definition) is 1. The lowest BCUT2D eigenvalue weighted by molar-refractivity contribution is 0.413. The van der Waals surface area contributed by atoms with E-state index in [1.807, 2.05) is 6.07 Å². The van der Waals surface area contributed by atoms with E-state index in [1.165, 1.54) is 0 Å². The first-order chi connectivity index (χ1) is 8.00. The molecule has 1 aromatic carbocycles. The van der Waals surface area contributed by atoms with E-state index < -0.39 is 10.0 Å². The van der Waals surface area contributed by atoms with Gasteiger partial charge in [0.2, 0.25) is 0 Å². The van der Waals surface area contributed by atoms with Crippen LogP contribution in [0.2, 0.25) is 0 Å². The normalized spacial score (nSPS) is 12.0. The number of nitrogens with zero attached hydrogens (tertiary/aromatic N) is 1. The molecule has 0 aliphatic heterocycles. The predicted octanol–water partition coefficient (Wildman–Crippen LogP) is 2.05. The van der Waals surface area contributed by atoms with E-state index in [0.717, 1.165) is 29.2 Å². The van der Waals surface area contributed by atoms with Crippen LogP contribution < -0.4 is 5.84 Å². The second kappa shape index (κ2) is 6.14.